The SMILES string of the molecule is Nc1nonc1C(=O)Nc1c(F)cc(F)cc1F. The predicted molar refractivity (Wildman–Crippen MR) is 53.0 cm³/mol. The van der Waals surface area contributed by atoms with Crippen LogP contribution in [0.25, 0.3) is 0 Å². The third-order valence-corrected chi connectivity index (χ3v) is 1.97. The highest BCUT2D eigenvalue weighted by Crippen LogP contribution is 2.21. The molecule has 0 bridgehead atoms. The summed E-state index contributed by atoms with van der Waals surface area (Å²) < 4.78 is 43.2. The quantitative estimate of drug-likeness (QED) is 0.847. The van der Waals surface area contributed by atoms with Crippen molar-refractivity contribution in [2.75, 3.05) is 11.1 Å². The summed E-state index contributed by atoms with van der Waals surface area (Å²) in [6.45, 7) is 0. The Morgan fingerprint density at radius 3 is 2.33 bits per heavy atom. The fourth-order valence-corrected chi connectivity index (χ4v) is 1.19. The van der Waals surface area contributed by atoms with E-state index in [1.807, 2.05) is 5.32 Å². The largest absolute Gasteiger partial charge is 0.379 e. The molecule has 0 aliphatic carbocycles. The number of carbonyl (C=O) groups is 1. The van der Waals surface area contributed by atoms with Crippen LogP contribution in [0.5, 0.6) is 0 Å². The van der Waals surface area contributed by atoms with Crippen molar-refractivity contribution in [3.05, 3.63) is 35.3 Å². The lowest BCUT2D eigenvalue weighted by Gasteiger charge is -2.05. The highest BCUT2D eigenvalue weighted by Gasteiger charge is 2.20. The summed E-state index contributed by atoms with van der Waals surface area (Å²) in [5.74, 6) is -5.01. The number of benzene rings is 1. The fraction of sp³-hybridized carbons (Fsp3) is 0. The van der Waals surface area contributed by atoms with Crippen molar-refractivity contribution >= 4 is 17.4 Å². The van der Waals surface area contributed by atoms with Gasteiger partial charge in [-0.2, -0.15) is 0 Å². The zero-order chi connectivity index (χ0) is 13.3. The number of halogens is 3. The molecule has 9 heteroatoms. The van der Waals surface area contributed by atoms with Gasteiger partial charge >= 0.3 is 0 Å². The van der Waals surface area contributed by atoms with Gasteiger partial charge in [0.05, 0.1) is 0 Å². The molecule has 94 valence electrons. The molecule has 6 nitrogen and oxygen atoms in total. The van der Waals surface area contributed by atoms with Gasteiger partial charge in [0.2, 0.25) is 11.5 Å². The summed E-state index contributed by atoms with van der Waals surface area (Å²) >= 11 is 0. The van der Waals surface area contributed by atoms with E-state index >= 15 is 0 Å². The average Bonchev–Trinajstić information content (AvgIpc) is 2.69. The Hall–Kier alpha value is -2.58. The van der Waals surface area contributed by atoms with Gasteiger partial charge in [0.15, 0.2) is 11.6 Å². The van der Waals surface area contributed by atoms with E-state index < -0.39 is 34.7 Å². The van der Waals surface area contributed by atoms with Crippen molar-refractivity contribution in [1.29, 1.82) is 0 Å². The second kappa shape index (κ2) is 4.35. The first-order valence-corrected chi connectivity index (χ1v) is 4.53. The molecule has 0 radical (unpaired) electrons. The topological polar surface area (TPSA) is 94.0 Å². The first-order valence-electron chi connectivity index (χ1n) is 4.53. The van der Waals surface area contributed by atoms with Gasteiger partial charge < -0.3 is 11.1 Å². The number of hydrogen-bond acceptors (Lipinski definition) is 5. The molecule has 1 amide bonds. The number of carbonyl (C=O) groups excluding carboxylic acids is 1. The van der Waals surface area contributed by atoms with Gasteiger partial charge in [-0.05, 0) is 10.3 Å². The molecule has 18 heavy (non-hydrogen) atoms. The van der Waals surface area contributed by atoms with E-state index in [0.717, 1.165) is 0 Å². The smallest absolute Gasteiger partial charge is 0.281 e. The summed E-state index contributed by atoms with van der Waals surface area (Å²) in [5.41, 5.74) is 3.97. The van der Waals surface area contributed by atoms with Crippen LogP contribution < -0.4 is 11.1 Å². The second-order valence-electron chi connectivity index (χ2n) is 3.20. The van der Waals surface area contributed by atoms with Crippen molar-refractivity contribution < 1.29 is 22.6 Å². The van der Waals surface area contributed by atoms with E-state index in [1.165, 1.54) is 0 Å². The van der Waals surface area contributed by atoms with Gasteiger partial charge in [-0.1, -0.05) is 0 Å². The maximum atomic E-state index is 13.2. The van der Waals surface area contributed by atoms with Crippen molar-refractivity contribution in [1.82, 2.24) is 10.3 Å². The molecule has 0 saturated carbocycles. The Balaban J connectivity index is 2.31. The standard InChI is InChI=1S/C9H5F3N4O2/c10-3-1-4(11)6(5(12)2-3)14-9(17)7-8(13)16-18-15-7/h1-2H,(H2,13,16)(H,14,17). The van der Waals surface area contributed by atoms with E-state index in [9.17, 15) is 18.0 Å². The monoisotopic (exact) mass is 258 g/mol. The van der Waals surface area contributed by atoms with E-state index in [1.54, 1.807) is 0 Å². The highest BCUT2D eigenvalue weighted by atomic mass is 19.1. The first kappa shape index (κ1) is 11.9. The van der Waals surface area contributed by atoms with Gasteiger partial charge in [-0.15, -0.1) is 0 Å². The molecule has 0 atom stereocenters. The Bertz CT molecular complexity index is 591. The number of anilines is 2. The van der Waals surface area contributed by atoms with Crippen LogP contribution in [0.3, 0.4) is 0 Å². The number of nitrogens with zero attached hydrogens (tertiary/aromatic N) is 2. The molecular weight excluding hydrogens is 253 g/mol. The number of nitrogens with one attached hydrogen (secondary N) is 1. The number of nitrogen functional groups attached to an aromatic ring is 1. The lowest BCUT2D eigenvalue weighted by Crippen LogP contribution is -2.16. The van der Waals surface area contributed by atoms with Crippen molar-refractivity contribution in [2.45, 2.75) is 0 Å². The molecular formula is C9H5F3N4O2. The van der Waals surface area contributed by atoms with Crippen molar-refractivity contribution in [3.63, 3.8) is 0 Å². The Kier molecular flexibility index (Phi) is 2.88. The molecule has 0 unspecified atom stereocenters. The lowest BCUT2D eigenvalue weighted by molar-refractivity contribution is 0.101. The van der Waals surface area contributed by atoms with Gasteiger partial charge in [-0.25, -0.2) is 17.8 Å². The molecule has 0 aliphatic heterocycles. The Morgan fingerprint density at radius 2 is 1.83 bits per heavy atom. The van der Waals surface area contributed by atoms with Crippen molar-refractivity contribution in [2.24, 2.45) is 0 Å². The third-order valence-electron chi connectivity index (χ3n) is 1.97. The van der Waals surface area contributed by atoms with Crippen LogP contribution in [-0.4, -0.2) is 16.2 Å². The second-order valence-corrected chi connectivity index (χ2v) is 3.20. The summed E-state index contributed by atoms with van der Waals surface area (Å²) in [7, 11) is 0. The number of aromatic nitrogens is 2. The molecule has 0 aliphatic rings. The first-order chi connectivity index (χ1) is 8.49. The van der Waals surface area contributed by atoms with Gasteiger partial charge in [0.25, 0.3) is 5.91 Å². The zero-order valence-electron chi connectivity index (χ0n) is 8.58. The number of rotatable bonds is 2. The summed E-state index contributed by atoms with van der Waals surface area (Å²) in [6, 6.07) is 0.839. The van der Waals surface area contributed by atoms with Gasteiger partial charge in [0.1, 0.15) is 11.5 Å². The minimum atomic E-state index is -1.27. The van der Waals surface area contributed by atoms with Crippen LogP contribution in [0, 0.1) is 17.5 Å². The van der Waals surface area contributed by atoms with E-state index in [0.29, 0.717) is 12.1 Å². The van der Waals surface area contributed by atoms with E-state index in [4.69, 9.17) is 5.73 Å². The van der Waals surface area contributed by atoms with Crippen LogP contribution in [0.15, 0.2) is 16.8 Å². The molecule has 0 fully saturated rings. The molecule has 0 saturated heterocycles. The normalized spacial score (nSPS) is 10.4. The van der Waals surface area contributed by atoms with Crippen LogP contribution in [-0.2, 0) is 0 Å². The highest BCUT2D eigenvalue weighted by molar-refractivity contribution is 6.05. The summed E-state index contributed by atoms with van der Waals surface area (Å²) in [4.78, 5) is 11.5. The Morgan fingerprint density at radius 1 is 1.22 bits per heavy atom. The maximum absolute atomic E-state index is 13.2. The van der Waals surface area contributed by atoms with Crippen LogP contribution in [0.4, 0.5) is 24.7 Å². The fourth-order valence-electron chi connectivity index (χ4n) is 1.19. The molecule has 2 aromatic rings. The van der Waals surface area contributed by atoms with Crippen LogP contribution in [0.1, 0.15) is 10.5 Å². The number of nitrogens with two attached hydrogens (primary N) is 1. The molecule has 0 spiro atoms. The van der Waals surface area contributed by atoms with Gasteiger partial charge in [0, 0.05) is 12.1 Å². The van der Waals surface area contributed by atoms with Crippen molar-refractivity contribution in [3.8, 4) is 0 Å². The lowest BCUT2D eigenvalue weighted by atomic mass is 10.2. The number of hydrogen-bond donors (Lipinski definition) is 2. The third kappa shape index (κ3) is 2.10. The molecule has 2 rings (SSSR count). The molecule has 1 heterocycles. The van der Waals surface area contributed by atoms with Crippen LogP contribution >= 0.6 is 0 Å². The van der Waals surface area contributed by atoms with E-state index in [2.05, 4.69) is 14.9 Å². The summed E-state index contributed by atoms with van der Waals surface area (Å²) in [6.07, 6.45) is 0. The van der Waals surface area contributed by atoms with Crippen LogP contribution in [0.2, 0.25) is 0 Å². The molecule has 1 aromatic heterocycles. The molecule has 1 aromatic carbocycles. The zero-order valence-corrected chi connectivity index (χ0v) is 8.58. The van der Waals surface area contributed by atoms with Gasteiger partial charge in [-0.3, -0.25) is 4.79 Å². The minimum Gasteiger partial charge on any atom is -0.379 e. The van der Waals surface area contributed by atoms with E-state index in [-0.39, 0.29) is 5.82 Å². The minimum absolute atomic E-state index is 0.338. The maximum Gasteiger partial charge on any atom is 0.281 e. The summed E-state index contributed by atoms with van der Waals surface area (Å²) in [5, 5.41) is 8.12. The Labute approximate surface area is 97.5 Å². The number of amides is 1. The predicted octanol–water partition coefficient (Wildman–Crippen LogP) is 1.32. The average molecular weight is 258 g/mol. The molecule has 3 N–H and O–H groups in total.